The van der Waals surface area contributed by atoms with Crippen LogP contribution in [0.15, 0.2) is 30.5 Å². The number of hydrogen-bond donors (Lipinski definition) is 1. The summed E-state index contributed by atoms with van der Waals surface area (Å²) in [4.78, 5) is 18.3. The summed E-state index contributed by atoms with van der Waals surface area (Å²) in [5, 5.41) is 1.18. The summed E-state index contributed by atoms with van der Waals surface area (Å²) in [7, 11) is 0. The van der Waals surface area contributed by atoms with Gasteiger partial charge in [-0.25, -0.2) is 0 Å². The summed E-state index contributed by atoms with van der Waals surface area (Å²) in [6.07, 6.45) is 6.02. The van der Waals surface area contributed by atoms with Gasteiger partial charge >= 0.3 is 0 Å². The van der Waals surface area contributed by atoms with Crippen molar-refractivity contribution < 1.29 is 4.79 Å². The van der Waals surface area contributed by atoms with Crippen LogP contribution in [0.3, 0.4) is 0 Å². The SMILES string of the molecule is CC1(C)CC2CC(C)(CN2C(=O)Cc2ccc3[nH]ccc3c2)C1. The second-order valence-corrected chi connectivity index (χ2v) is 8.81. The highest BCUT2D eigenvalue weighted by Gasteiger charge is 2.50. The van der Waals surface area contributed by atoms with E-state index in [-0.39, 0.29) is 0 Å². The predicted octanol–water partition coefficient (Wildman–Crippen LogP) is 4.14. The van der Waals surface area contributed by atoms with Crippen molar-refractivity contribution in [2.45, 2.75) is 52.5 Å². The minimum absolute atomic E-state index is 0.298. The Hall–Kier alpha value is -1.77. The Morgan fingerprint density at radius 1 is 1.26 bits per heavy atom. The molecule has 1 saturated carbocycles. The Labute approximate surface area is 138 Å². The minimum Gasteiger partial charge on any atom is -0.361 e. The fraction of sp³-hybridized carbons (Fsp3) is 0.550. The van der Waals surface area contributed by atoms with E-state index < -0.39 is 0 Å². The third kappa shape index (κ3) is 2.66. The lowest BCUT2D eigenvalue weighted by Crippen LogP contribution is -2.38. The van der Waals surface area contributed by atoms with Crippen LogP contribution in [0.2, 0.25) is 0 Å². The number of carbonyl (C=O) groups is 1. The summed E-state index contributed by atoms with van der Waals surface area (Å²) >= 11 is 0. The van der Waals surface area contributed by atoms with E-state index in [9.17, 15) is 4.79 Å². The number of likely N-dealkylation sites (tertiary alicyclic amines) is 1. The molecule has 2 aliphatic rings. The molecular weight excluding hydrogens is 284 g/mol. The zero-order valence-corrected chi connectivity index (χ0v) is 14.4. The predicted molar refractivity (Wildman–Crippen MR) is 93.2 cm³/mol. The largest absolute Gasteiger partial charge is 0.361 e. The molecule has 3 heteroatoms. The van der Waals surface area contributed by atoms with E-state index in [1.165, 1.54) is 18.2 Å². The average molecular weight is 310 g/mol. The summed E-state index contributed by atoms with van der Waals surface area (Å²) in [5.41, 5.74) is 2.92. The minimum atomic E-state index is 0.298. The van der Waals surface area contributed by atoms with Gasteiger partial charge in [0.2, 0.25) is 5.91 Å². The third-order valence-corrected chi connectivity index (χ3v) is 5.71. The van der Waals surface area contributed by atoms with Gasteiger partial charge in [0, 0.05) is 24.3 Å². The van der Waals surface area contributed by atoms with Crippen molar-refractivity contribution in [1.82, 2.24) is 9.88 Å². The van der Waals surface area contributed by atoms with Gasteiger partial charge in [0.1, 0.15) is 0 Å². The summed E-state index contributed by atoms with van der Waals surface area (Å²) in [6.45, 7) is 8.00. The van der Waals surface area contributed by atoms with Gasteiger partial charge < -0.3 is 9.88 Å². The molecule has 1 amide bonds. The van der Waals surface area contributed by atoms with Gasteiger partial charge in [-0.15, -0.1) is 0 Å². The first-order valence-corrected chi connectivity index (χ1v) is 8.69. The molecule has 0 radical (unpaired) electrons. The molecule has 2 heterocycles. The number of amides is 1. The van der Waals surface area contributed by atoms with Crippen LogP contribution in [0.5, 0.6) is 0 Å². The van der Waals surface area contributed by atoms with Gasteiger partial charge in [-0.05, 0) is 59.2 Å². The lowest BCUT2D eigenvalue weighted by Gasteiger charge is -2.39. The molecule has 23 heavy (non-hydrogen) atoms. The van der Waals surface area contributed by atoms with Gasteiger partial charge in [-0.3, -0.25) is 4.79 Å². The Kier molecular flexibility index (Phi) is 3.13. The van der Waals surface area contributed by atoms with Crippen LogP contribution in [0.1, 0.15) is 45.6 Å². The van der Waals surface area contributed by atoms with Gasteiger partial charge in [0.15, 0.2) is 0 Å². The number of H-pyrrole nitrogens is 1. The zero-order chi connectivity index (χ0) is 16.2. The number of benzene rings is 1. The molecule has 2 atom stereocenters. The zero-order valence-electron chi connectivity index (χ0n) is 14.4. The molecule has 2 bridgehead atoms. The van der Waals surface area contributed by atoms with Crippen molar-refractivity contribution >= 4 is 16.8 Å². The van der Waals surface area contributed by atoms with E-state index in [1.54, 1.807) is 0 Å². The average Bonchev–Trinajstić information content (AvgIpc) is 2.99. The molecular formula is C20H26N2O. The number of carbonyl (C=O) groups excluding carboxylic acids is 1. The smallest absolute Gasteiger partial charge is 0.227 e. The number of nitrogens with one attached hydrogen (secondary N) is 1. The first kappa shape index (κ1) is 14.8. The van der Waals surface area contributed by atoms with E-state index >= 15 is 0 Å². The number of nitrogens with zero attached hydrogens (tertiary/aromatic N) is 1. The molecule has 4 rings (SSSR count). The van der Waals surface area contributed by atoms with Crippen molar-refractivity contribution in [2.75, 3.05) is 6.54 Å². The Morgan fingerprint density at radius 3 is 2.91 bits per heavy atom. The molecule has 2 unspecified atom stereocenters. The van der Waals surface area contributed by atoms with Crippen LogP contribution in [-0.4, -0.2) is 28.4 Å². The molecule has 1 aromatic carbocycles. The summed E-state index contributed by atoms with van der Waals surface area (Å²) in [5.74, 6) is 0.298. The molecule has 1 aromatic heterocycles. The first-order valence-electron chi connectivity index (χ1n) is 8.69. The van der Waals surface area contributed by atoms with Crippen LogP contribution in [0.25, 0.3) is 10.9 Å². The monoisotopic (exact) mass is 310 g/mol. The lowest BCUT2D eigenvalue weighted by atomic mass is 9.65. The lowest BCUT2D eigenvalue weighted by molar-refractivity contribution is -0.131. The number of aromatic amines is 1. The van der Waals surface area contributed by atoms with E-state index in [0.29, 0.717) is 29.2 Å². The summed E-state index contributed by atoms with van der Waals surface area (Å²) < 4.78 is 0. The third-order valence-electron chi connectivity index (χ3n) is 5.71. The Balaban J connectivity index is 1.53. The van der Waals surface area contributed by atoms with Crippen molar-refractivity contribution in [3.8, 4) is 0 Å². The van der Waals surface area contributed by atoms with Gasteiger partial charge in [-0.1, -0.05) is 26.8 Å². The van der Waals surface area contributed by atoms with Crippen molar-refractivity contribution in [1.29, 1.82) is 0 Å². The molecule has 1 saturated heterocycles. The topological polar surface area (TPSA) is 36.1 Å². The maximum Gasteiger partial charge on any atom is 0.227 e. The van der Waals surface area contributed by atoms with Gasteiger partial charge in [0.05, 0.1) is 6.42 Å². The van der Waals surface area contributed by atoms with Crippen LogP contribution in [0, 0.1) is 10.8 Å². The van der Waals surface area contributed by atoms with Crippen LogP contribution in [-0.2, 0) is 11.2 Å². The Bertz CT molecular complexity index is 760. The maximum atomic E-state index is 12.9. The first-order chi connectivity index (χ1) is 10.8. The highest BCUT2D eigenvalue weighted by molar-refractivity contribution is 5.84. The maximum absolute atomic E-state index is 12.9. The Morgan fingerprint density at radius 2 is 2.09 bits per heavy atom. The van der Waals surface area contributed by atoms with E-state index in [4.69, 9.17) is 0 Å². The van der Waals surface area contributed by atoms with Crippen molar-refractivity contribution in [2.24, 2.45) is 10.8 Å². The molecule has 1 N–H and O–H groups in total. The van der Waals surface area contributed by atoms with Crippen LogP contribution in [0.4, 0.5) is 0 Å². The number of rotatable bonds is 2. The fourth-order valence-corrected chi connectivity index (χ4v) is 5.24. The highest BCUT2D eigenvalue weighted by atomic mass is 16.2. The summed E-state index contributed by atoms with van der Waals surface area (Å²) in [6, 6.07) is 8.79. The van der Waals surface area contributed by atoms with Gasteiger partial charge in [-0.2, -0.15) is 0 Å². The van der Waals surface area contributed by atoms with Gasteiger partial charge in [0.25, 0.3) is 0 Å². The second-order valence-electron chi connectivity index (χ2n) is 8.81. The highest BCUT2D eigenvalue weighted by Crippen LogP contribution is 2.52. The molecule has 122 valence electrons. The molecule has 1 aliphatic carbocycles. The van der Waals surface area contributed by atoms with Crippen LogP contribution < -0.4 is 0 Å². The van der Waals surface area contributed by atoms with E-state index in [0.717, 1.165) is 24.0 Å². The molecule has 1 aliphatic heterocycles. The number of aromatic nitrogens is 1. The van der Waals surface area contributed by atoms with Crippen molar-refractivity contribution in [3.63, 3.8) is 0 Å². The molecule has 3 nitrogen and oxygen atoms in total. The van der Waals surface area contributed by atoms with E-state index in [1.807, 2.05) is 6.20 Å². The number of hydrogen-bond acceptors (Lipinski definition) is 1. The normalized spacial score (nSPS) is 29.2. The quantitative estimate of drug-likeness (QED) is 0.889. The molecule has 2 aromatic rings. The molecule has 0 spiro atoms. The number of fused-ring (bicyclic) bond motifs is 3. The van der Waals surface area contributed by atoms with Crippen molar-refractivity contribution in [3.05, 3.63) is 36.0 Å². The fourth-order valence-electron chi connectivity index (χ4n) is 5.24. The van der Waals surface area contributed by atoms with E-state index in [2.05, 4.69) is 54.9 Å². The van der Waals surface area contributed by atoms with Crippen LogP contribution >= 0.6 is 0 Å². The standard InChI is InChI=1S/C20H26N2O/c1-19(2)10-16-11-20(3,12-19)13-22(16)18(23)9-14-4-5-17-15(8-14)6-7-21-17/h4-8,16,21H,9-13H2,1-3H3. The molecule has 2 fully saturated rings. The second kappa shape index (κ2) is 4.86.